The summed E-state index contributed by atoms with van der Waals surface area (Å²) < 4.78 is 24.6. The predicted octanol–water partition coefficient (Wildman–Crippen LogP) is -2.94. The summed E-state index contributed by atoms with van der Waals surface area (Å²) in [6.45, 7) is 0. The second-order valence-corrected chi connectivity index (χ2v) is 3.28. The predicted molar refractivity (Wildman–Crippen MR) is 32.6 cm³/mol. The van der Waals surface area contributed by atoms with Crippen LogP contribution < -0.4 is 9.59 Å². The summed E-state index contributed by atoms with van der Waals surface area (Å²) in [6.07, 6.45) is 0. The maximum atomic E-state index is 8.84. The summed E-state index contributed by atoms with van der Waals surface area (Å²) in [5, 5.41) is 0. The molecule has 10 heteroatoms. The zero-order valence-electron chi connectivity index (χ0n) is 4.41. The normalized spacial score (nSPS) is 5.70. The fourth-order valence-electron chi connectivity index (χ4n) is 0. The molecule has 5 nitrogen and oxygen atoms in total. The molecule has 0 aliphatic heterocycles. The standard InChI is InChI=1S/Al.2ClO2Si.H2O/c;2*1-4(2)3;/h;;;1H2/q+3;2*-1;/p-1. The summed E-state index contributed by atoms with van der Waals surface area (Å²) in [5.41, 5.74) is 0. The van der Waals surface area contributed by atoms with E-state index in [-0.39, 0.29) is 0 Å². The molecule has 56 valence electrons. The molecule has 0 fully saturated rings. The minimum absolute atomic E-state index is 1.42. The average Bonchev–Trinajstić information content (AvgIpc) is 1.66. The van der Waals surface area contributed by atoms with E-state index in [4.69, 9.17) is 22.7 Å². The fourth-order valence-corrected chi connectivity index (χ4v) is 0. The second kappa shape index (κ2) is 16.4. The second-order valence-electron chi connectivity index (χ2n) is 0.475. The van der Waals surface area contributed by atoms with Crippen molar-refractivity contribution in [1.29, 1.82) is 0 Å². The van der Waals surface area contributed by atoms with Gasteiger partial charge in [-0.25, -0.2) is 0 Å². The van der Waals surface area contributed by atoms with Gasteiger partial charge in [0.15, 0.2) is 0 Å². The van der Waals surface area contributed by atoms with Gasteiger partial charge in [-0.2, -0.15) is 0 Å². The van der Waals surface area contributed by atoms with E-state index >= 15 is 0 Å². The van der Waals surface area contributed by atoms with Crippen LogP contribution in [0.4, 0.5) is 0 Å². The van der Waals surface area contributed by atoms with Crippen molar-refractivity contribution in [1.82, 2.24) is 0 Å². The molecule has 0 aromatic carbocycles. The molecule has 0 bridgehead atoms. The van der Waals surface area contributed by atoms with Gasteiger partial charge >= 0.3 is 20.8 Å². The monoisotopic (exact) mass is 234 g/mol. The Balaban J connectivity index is -0.0000000787. The summed E-state index contributed by atoms with van der Waals surface area (Å²) in [4.78, 5) is 17.7. The van der Waals surface area contributed by atoms with Gasteiger partial charge in [-0.15, -0.1) is 22.2 Å². The summed E-state index contributed by atoms with van der Waals surface area (Å²) in [6, 6.07) is 0. The van der Waals surface area contributed by atoms with Crippen LogP contribution in [-0.4, -0.2) is 37.3 Å². The van der Waals surface area contributed by atoms with Gasteiger partial charge < -0.3 is 18.5 Å². The van der Waals surface area contributed by atoms with Crippen molar-refractivity contribution < 1.29 is 22.7 Å². The molecule has 0 saturated heterocycles. The summed E-state index contributed by atoms with van der Waals surface area (Å²) >= 11 is 9.95. The molecule has 0 amide bonds. The van der Waals surface area contributed by atoms with Gasteiger partial charge in [-0.3, -0.25) is 0 Å². The van der Waals surface area contributed by atoms with Gasteiger partial charge in [-0.1, -0.05) is 0 Å². The van der Waals surface area contributed by atoms with Crippen LogP contribution in [0.3, 0.4) is 0 Å². The van der Waals surface area contributed by atoms with Gasteiger partial charge in [0.05, 0.1) is 0 Å². The summed E-state index contributed by atoms with van der Waals surface area (Å²) in [5.74, 6) is 0. The van der Waals surface area contributed by atoms with Crippen LogP contribution in [0, 0.1) is 0 Å². The fraction of sp³-hybridized carbons (Fsp3) is 0. The Morgan fingerprint density at radius 1 is 1.10 bits per heavy atom. The van der Waals surface area contributed by atoms with Crippen LogP contribution in [0.5, 0.6) is 0 Å². The first-order chi connectivity index (χ1) is 4.46. The molecule has 0 aliphatic carbocycles. The van der Waals surface area contributed by atoms with Crippen molar-refractivity contribution in [3.05, 3.63) is 0 Å². The first kappa shape index (κ1) is 17.0. The molecule has 0 aromatic heterocycles. The van der Waals surface area contributed by atoms with Gasteiger partial charge in [0, 0.05) is 0 Å². The van der Waals surface area contributed by atoms with Crippen LogP contribution in [0.2, 0.25) is 0 Å². The zero-order chi connectivity index (χ0) is 9.15. The van der Waals surface area contributed by atoms with Gasteiger partial charge in [0.25, 0.3) is 16.5 Å². The molecule has 0 aromatic rings. The van der Waals surface area contributed by atoms with Gasteiger partial charge in [0.2, 0.25) is 0 Å². The first-order valence-electron chi connectivity index (χ1n) is 1.45. The molecular formula is HAlCl2O5Si2. The molecule has 0 saturated carbocycles. The minimum atomic E-state index is -2.91. The van der Waals surface area contributed by atoms with E-state index in [1.54, 1.807) is 0 Å². The quantitative estimate of drug-likeness (QED) is 0.357. The average molecular weight is 235 g/mol. The van der Waals surface area contributed by atoms with Crippen molar-refractivity contribution in [2.75, 3.05) is 0 Å². The Bertz CT molecular complexity index is 75.6. The molecule has 0 heterocycles. The van der Waals surface area contributed by atoms with Crippen molar-refractivity contribution >= 4 is 55.3 Å². The number of halogens is 2. The van der Waals surface area contributed by atoms with Crippen LogP contribution in [-0.2, 0) is 8.92 Å². The first-order valence-corrected chi connectivity index (χ1v) is 6.63. The van der Waals surface area contributed by atoms with Crippen molar-refractivity contribution in [2.24, 2.45) is 0 Å². The van der Waals surface area contributed by atoms with Crippen LogP contribution >= 0.6 is 22.2 Å². The van der Waals surface area contributed by atoms with Crippen LogP contribution in [0.15, 0.2) is 0 Å². The molecule has 0 radical (unpaired) electrons. The molecule has 0 aliphatic rings. The van der Waals surface area contributed by atoms with Gasteiger partial charge in [-0.05, 0) is 0 Å². The molecule has 0 atom stereocenters. The Morgan fingerprint density at radius 3 is 1.10 bits per heavy atom. The SMILES string of the molecule is O=[Si]([O-])Cl.O=[Si]([O-])Cl.[OH][Al+2]. The molecular weight excluding hydrogens is 234 g/mol. The molecule has 10 heavy (non-hydrogen) atoms. The number of hydrogen-bond donors (Lipinski definition) is 1. The Labute approximate surface area is 77.9 Å². The molecule has 0 unspecified atom stereocenters. The third-order valence-corrected chi connectivity index (χ3v) is 0. The van der Waals surface area contributed by atoms with Crippen molar-refractivity contribution in [3.8, 4) is 0 Å². The maximum absolute atomic E-state index is 8.84. The van der Waals surface area contributed by atoms with Crippen LogP contribution in [0.1, 0.15) is 0 Å². The van der Waals surface area contributed by atoms with Crippen molar-refractivity contribution in [2.45, 2.75) is 0 Å². The van der Waals surface area contributed by atoms with Gasteiger partial charge in [0.1, 0.15) is 0 Å². The number of hydrogen-bond acceptors (Lipinski definition) is 5. The summed E-state index contributed by atoms with van der Waals surface area (Å²) in [7, 11) is -5.81. The number of rotatable bonds is 0. The van der Waals surface area contributed by atoms with Crippen molar-refractivity contribution in [3.63, 3.8) is 0 Å². The molecule has 0 spiro atoms. The molecule has 1 N–H and O–H groups in total. The third kappa shape index (κ3) is 1040. The van der Waals surface area contributed by atoms with E-state index in [9.17, 15) is 0 Å². The topological polar surface area (TPSA) is 100 Å². The molecule has 0 rings (SSSR count). The van der Waals surface area contributed by atoms with E-state index in [0.29, 0.717) is 0 Å². The van der Waals surface area contributed by atoms with E-state index in [0.717, 1.165) is 0 Å². The van der Waals surface area contributed by atoms with E-state index in [2.05, 4.69) is 22.2 Å². The van der Waals surface area contributed by atoms with E-state index in [1.165, 1.54) is 16.6 Å². The third-order valence-electron chi connectivity index (χ3n) is 0. The zero-order valence-corrected chi connectivity index (χ0v) is 9.08. The van der Waals surface area contributed by atoms with E-state index < -0.39 is 16.5 Å². The Morgan fingerprint density at radius 2 is 1.10 bits per heavy atom. The Kier molecular flexibility index (Phi) is 27.8. The van der Waals surface area contributed by atoms with Crippen LogP contribution in [0.25, 0.3) is 0 Å². The Hall–Kier alpha value is 0.706. The van der Waals surface area contributed by atoms with E-state index in [1.807, 2.05) is 0 Å².